The summed E-state index contributed by atoms with van der Waals surface area (Å²) in [6.07, 6.45) is 4.46. The van der Waals surface area contributed by atoms with Crippen molar-refractivity contribution >= 4 is 5.97 Å². The number of rotatable bonds is 7. The number of ether oxygens (including phenoxy) is 1. The average molecular weight is 243 g/mol. The van der Waals surface area contributed by atoms with E-state index >= 15 is 0 Å². The summed E-state index contributed by atoms with van der Waals surface area (Å²) in [4.78, 5) is 13.4. The van der Waals surface area contributed by atoms with Crippen LogP contribution in [0.25, 0.3) is 0 Å². The quantitative estimate of drug-likeness (QED) is 0.544. The molecule has 1 unspecified atom stereocenters. The SMILES string of the molecule is CCOC(=O)CCCCCN1CCC(C)(O)C1. The third-order valence-electron chi connectivity index (χ3n) is 3.19. The Bertz CT molecular complexity index is 241. The molecule has 1 fully saturated rings. The van der Waals surface area contributed by atoms with Crippen molar-refractivity contribution in [2.45, 2.75) is 51.6 Å². The highest BCUT2D eigenvalue weighted by Crippen LogP contribution is 2.20. The van der Waals surface area contributed by atoms with Crippen molar-refractivity contribution in [3.8, 4) is 0 Å². The van der Waals surface area contributed by atoms with Gasteiger partial charge in [0.2, 0.25) is 0 Å². The molecule has 0 aliphatic carbocycles. The van der Waals surface area contributed by atoms with Crippen molar-refractivity contribution in [2.75, 3.05) is 26.2 Å². The summed E-state index contributed by atoms with van der Waals surface area (Å²) in [7, 11) is 0. The van der Waals surface area contributed by atoms with Crippen LogP contribution in [0.4, 0.5) is 0 Å². The minimum atomic E-state index is -0.495. The van der Waals surface area contributed by atoms with Gasteiger partial charge in [0, 0.05) is 19.5 Å². The van der Waals surface area contributed by atoms with Gasteiger partial charge in [-0.05, 0) is 39.7 Å². The van der Waals surface area contributed by atoms with E-state index in [1.807, 2.05) is 13.8 Å². The Morgan fingerprint density at radius 1 is 1.41 bits per heavy atom. The Morgan fingerprint density at radius 3 is 2.76 bits per heavy atom. The molecule has 0 aromatic carbocycles. The van der Waals surface area contributed by atoms with Crippen LogP contribution in [0.1, 0.15) is 46.0 Å². The van der Waals surface area contributed by atoms with Crippen molar-refractivity contribution < 1.29 is 14.6 Å². The van der Waals surface area contributed by atoms with E-state index in [1.165, 1.54) is 0 Å². The first-order valence-corrected chi connectivity index (χ1v) is 6.64. The van der Waals surface area contributed by atoms with E-state index < -0.39 is 5.60 Å². The van der Waals surface area contributed by atoms with Gasteiger partial charge in [-0.2, -0.15) is 0 Å². The summed E-state index contributed by atoms with van der Waals surface area (Å²) >= 11 is 0. The number of hydrogen-bond acceptors (Lipinski definition) is 4. The van der Waals surface area contributed by atoms with Crippen LogP contribution in [0, 0.1) is 0 Å². The number of likely N-dealkylation sites (tertiary alicyclic amines) is 1. The van der Waals surface area contributed by atoms with Crippen LogP contribution in [-0.2, 0) is 9.53 Å². The molecule has 1 saturated heterocycles. The van der Waals surface area contributed by atoms with Crippen LogP contribution < -0.4 is 0 Å². The van der Waals surface area contributed by atoms with Crippen LogP contribution in [-0.4, -0.2) is 47.8 Å². The van der Waals surface area contributed by atoms with E-state index in [4.69, 9.17) is 4.74 Å². The Labute approximate surface area is 104 Å². The highest BCUT2D eigenvalue weighted by molar-refractivity contribution is 5.69. The van der Waals surface area contributed by atoms with Crippen molar-refractivity contribution in [1.29, 1.82) is 0 Å². The van der Waals surface area contributed by atoms with Crippen LogP contribution in [0.3, 0.4) is 0 Å². The second-order valence-electron chi connectivity index (χ2n) is 5.14. The Kier molecular flexibility index (Phi) is 5.92. The van der Waals surface area contributed by atoms with E-state index in [0.717, 1.165) is 45.3 Å². The summed E-state index contributed by atoms with van der Waals surface area (Å²) in [6, 6.07) is 0. The number of esters is 1. The fourth-order valence-electron chi connectivity index (χ4n) is 2.24. The molecule has 0 amide bonds. The van der Waals surface area contributed by atoms with E-state index in [1.54, 1.807) is 0 Å². The zero-order chi connectivity index (χ0) is 12.7. The molecule has 1 aliphatic heterocycles. The Balaban J connectivity index is 1.96. The average Bonchev–Trinajstić information content (AvgIpc) is 2.58. The van der Waals surface area contributed by atoms with Gasteiger partial charge in [0.1, 0.15) is 0 Å². The fraction of sp³-hybridized carbons (Fsp3) is 0.923. The van der Waals surface area contributed by atoms with Gasteiger partial charge in [-0.25, -0.2) is 0 Å². The van der Waals surface area contributed by atoms with E-state index in [2.05, 4.69) is 4.90 Å². The smallest absolute Gasteiger partial charge is 0.305 e. The highest BCUT2D eigenvalue weighted by Gasteiger charge is 2.30. The minimum absolute atomic E-state index is 0.0865. The van der Waals surface area contributed by atoms with Crippen molar-refractivity contribution in [3.05, 3.63) is 0 Å². The number of carbonyl (C=O) groups excluding carboxylic acids is 1. The zero-order valence-corrected chi connectivity index (χ0v) is 11.1. The van der Waals surface area contributed by atoms with Gasteiger partial charge >= 0.3 is 5.97 Å². The highest BCUT2D eigenvalue weighted by atomic mass is 16.5. The number of nitrogens with zero attached hydrogens (tertiary/aromatic N) is 1. The predicted octanol–water partition coefficient (Wildman–Crippen LogP) is 1.57. The summed E-state index contributed by atoms with van der Waals surface area (Å²) in [6.45, 7) is 7.00. The molecule has 1 heterocycles. The summed E-state index contributed by atoms with van der Waals surface area (Å²) in [5, 5.41) is 9.80. The summed E-state index contributed by atoms with van der Waals surface area (Å²) in [5.74, 6) is -0.0865. The van der Waals surface area contributed by atoms with E-state index in [9.17, 15) is 9.90 Å². The van der Waals surface area contributed by atoms with Crippen LogP contribution in [0.5, 0.6) is 0 Å². The van der Waals surface area contributed by atoms with Gasteiger partial charge in [-0.3, -0.25) is 4.79 Å². The lowest BCUT2D eigenvalue weighted by molar-refractivity contribution is -0.143. The molecule has 100 valence electrons. The predicted molar refractivity (Wildman–Crippen MR) is 66.8 cm³/mol. The number of β-amino-alcohol motifs (C(OH)–C–C–N with tert-alkyl or cyclic N) is 1. The molecule has 0 aromatic rings. The number of carbonyl (C=O) groups is 1. The lowest BCUT2D eigenvalue weighted by Gasteiger charge is -2.18. The van der Waals surface area contributed by atoms with Gasteiger partial charge in [-0.1, -0.05) is 6.42 Å². The van der Waals surface area contributed by atoms with Gasteiger partial charge in [-0.15, -0.1) is 0 Å². The largest absolute Gasteiger partial charge is 0.466 e. The van der Waals surface area contributed by atoms with Crippen molar-refractivity contribution in [3.63, 3.8) is 0 Å². The first-order chi connectivity index (χ1) is 8.03. The minimum Gasteiger partial charge on any atom is -0.466 e. The fourth-order valence-corrected chi connectivity index (χ4v) is 2.24. The Hall–Kier alpha value is -0.610. The topological polar surface area (TPSA) is 49.8 Å². The summed E-state index contributed by atoms with van der Waals surface area (Å²) in [5.41, 5.74) is -0.495. The van der Waals surface area contributed by atoms with Gasteiger partial charge in [0.25, 0.3) is 0 Å². The lowest BCUT2D eigenvalue weighted by atomic mass is 10.1. The number of unbranched alkanes of at least 4 members (excludes halogenated alkanes) is 2. The molecule has 4 heteroatoms. The van der Waals surface area contributed by atoms with Crippen molar-refractivity contribution in [2.24, 2.45) is 0 Å². The van der Waals surface area contributed by atoms with Gasteiger partial charge in [0.05, 0.1) is 12.2 Å². The molecule has 0 bridgehead atoms. The van der Waals surface area contributed by atoms with Gasteiger partial charge in [0.15, 0.2) is 0 Å². The van der Waals surface area contributed by atoms with E-state index in [-0.39, 0.29) is 5.97 Å². The third-order valence-corrected chi connectivity index (χ3v) is 3.19. The molecule has 0 aromatic heterocycles. The molecule has 1 aliphatic rings. The summed E-state index contributed by atoms with van der Waals surface area (Å²) < 4.78 is 4.87. The maximum atomic E-state index is 11.1. The molecule has 1 N–H and O–H groups in total. The molecule has 17 heavy (non-hydrogen) atoms. The number of aliphatic hydroxyl groups is 1. The lowest BCUT2D eigenvalue weighted by Crippen LogP contribution is -2.30. The molecule has 0 spiro atoms. The first kappa shape index (κ1) is 14.5. The zero-order valence-electron chi connectivity index (χ0n) is 11.1. The maximum Gasteiger partial charge on any atom is 0.305 e. The van der Waals surface area contributed by atoms with Gasteiger partial charge < -0.3 is 14.7 Å². The molecule has 1 rings (SSSR count). The third kappa shape index (κ3) is 6.03. The molecule has 4 nitrogen and oxygen atoms in total. The van der Waals surface area contributed by atoms with Crippen LogP contribution >= 0.6 is 0 Å². The molecule has 0 radical (unpaired) electrons. The molecule has 0 saturated carbocycles. The second-order valence-corrected chi connectivity index (χ2v) is 5.14. The molecular weight excluding hydrogens is 218 g/mol. The van der Waals surface area contributed by atoms with Crippen molar-refractivity contribution in [1.82, 2.24) is 4.90 Å². The number of hydrogen-bond donors (Lipinski definition) is 1. The monoisotopic (exact) mass is 243 g/mol. The normalized spacial score (nSPS) is 25.1. The second kappa shape index (κ2) is 6.97. The van der Waals surface area contributed by atoms with Crippen LogP contribution in [0.2, 0.25) is 0 Å². The molecule has 1 atom stereocenters. The first-order valence-electron chi connectivity index (χ1n) is 6.64. The van der Waals surface area contributed by atoms with E-state index in [0.29, 0.717) is 13.0 Å². The standard InChI is InChI=1S/C13H25NO3/c1-3-17-12(15)7-5-4-6-9-14-10-8-13(2,16)11-14/h16H,3-11H2,1-2H3. The maximum absolute atomic E-state index is 11.1. The van der Waals surface area contributed by atoms with Crippen LogP contribution in [0.15, 0.2) is 0 Å². The molecular formula is C13H25NO3. The Morgan fingerprint density at radius 2 is 2.18 bits per heavy atom.